The molecule has 0 aliphatic rings. The van der Waals surface area contributed by atoms with Crippen LogP contribution in [0.15, 0.2) is 66.7 Å². The third-order valence-electron chi connectivity index (χ3n) is 4.86. The number of ether oxygens (including phenoxy) is 1. The van der Waals surface area contributed by atoms with E-state index < -0.39 is 5.91 Å². The van der Waals surface area contributed by atoms with E-state index in [0.29, 0.717) is 17.0 Å². The van der Waals surface area contributed by atoms with Crippen LogP contribution in [0.3, 0.4) is 0 Å². The van der Waals surface area contributed by atoms with Crippen molar-refractivity contribution in [3.8, 4) is 5.75 Å². The molecule has 4 rings (SSSR count). The number of carbonyl (C=O) groups excluding carboxylic acids is 2. The van der Waals surface area contributed by atoms with E-state index in [1.54, 1.807) is 18.2 Å². The average Bonchev–Trinajstić information content (AvgIpc) is 3.05. The Labute approximate surface area is 167 Å². The van der Waals surface area contributed by atoms with Gasteiger partial charge in [-0.3, -0.25) is 9.59 Å². The van der Waals surface area contributed by atoms with Crippen molar-refractivity contribution in [2.75, 3.05) is 11.9 Å². The Morgan fingerprint density at radius 2 is 1.76 bits per heavy atom. The molecule has 6 nitrogen and oxygen atoms in total. The van der Waals surface area contributed by atoms with Crippen molar-refractivity contribution in [1.29, 1.82) is 0 Å². The third-order valence-corrected chi connectivity index (χ3v) is 4.86. The van der Waals surface area contributed by atoms with Crippen LogP contribution in [0.5, 0.6) is 5.75 Å². The standard InChI is InChI=1S/C23H21N3O3/c1-2-26-20-9-4-3-8-18(20)19-13-16(10-11-21(19)26)25-22(27)14-29-17-7-5-6-15(12-17)23(24)28/h3-13H,2,14H2,1H3,(H2,24,28)(H,25,27). The predicted molar refractivity (Wildman–Crippen MR) is 114 cm³/mol. The van der Waals surface area contributed by atoms with Crippen LogP contribution in [0.4, 0.5) is 5.69 Å². The monoisotopic (exact) mass is 387 g/mol. The van der Waals surface area contributed by atoms with Crippen LogP contribution in [0, 0.1) is 0 Å². The molecule has 0 aliphatic heterocycles. The van der Waals surface area contributed by atoms with E-state index in [-0.39, 0.29) is 12.5 Å². The first-order valence-electron chi connectivity index (χ1n) is 9.40. The Bertz CT molecular complexity index is 1230. The molecular formula is C23H21N3O3. The van der Waals surface area contributed by atoms with Crippen LogP contribution in [0.25, 0.3) is 21.8 Å². The highest BCUT2D eigenvalue weighted by Crippen LogP contribution is 2.30. The number of nitrogens with two attached hydrogens (primary N) is 1. The summed E-state index contributed by atoms with van der Waals surface area (Å²) in [5, 5.41) is 5.11. The number of carbonyl (C=O) groups is 2. The van der Waals surface area contributed by atoms with E-state index in [9.17, 15) is 9.59 Å². The quantitative estimate of drug-likeness (QED) is 0.526. The molecule has 0 radical (unpaired) electrons. The summed E-state index contributed by atoms with van der Waals surface area (Å²) in [7, 11) is 0. The maximum atomic E-state index is 12.3. The lowest BCUT2D eigenvalue weighted by atomic mass is 10.1. The topological polar surface area (TPSA) is 86.3 Å². The Kier molecular flexibility index (Phi) is 4.91. The smallest absolute Gasteiger partial charge is 0.262 e. The molecule has 0 bridgehead atoms. The van der Waals surface area contributed by atoms with Crippen LogP contribution in [0.1, 0.15) is 17.3 Å². The number of benzene rings is 3. The van der Waals surface area contributed by atoms with Gasteiger partial charge in [0, 0.05) is 39.6 Å². The van der Waals surface area contributed by atoms with Gasteiger partial charge in [-0.2, -0.15) is 0 Å². The van der Waals surface area contributed by atoms with Crippen molar-refractivity contribution in [1.82, 2.24) is 4.57 Å². The fourth-order valence-electron chi connectivity index (χ4n) is 3.56. The van der Waals surface area contributed by atoms with Gasteiger partial charge in [-0.05, 0) is 49.4 Å². The van der Waals surface area contributed by atoms with Gasteiger partial charge in [-0.25, -0.2) is 0 Å². The molecule has 0 saturated carbocycles. The molecular weight excluding hydrogens is 366 g/mol. The predicted octanol–water partition coefficient (Wildman–Crippen LogP) is 3.93. The summed E-state index contributed by atoms with van der Waals surface area (Å²) in [6.45, 7) is 2.82. The van der Waals surface area contributed by atoms with E-state index >= 15 is 0 Å². The largest absolute Gasteiger partial charge is 0.484 e. The minimum Gasteiger partial charge on any atom is -0.484 e. The zero-order chi connectivity index (χ0) is 20.4. The SMILES string of the molecule is CCn1c2ccccc2c2cc(NC(=O)COc3cccc(C(N)=O)c3)ccc21. The summed E-state index contributed by atoms with van der Waals surface area (Å²) in [5.41, 5.74) is 8.60. The number of primary amides is 1. The van der Waals surface area contributed by atoms with Crippen molar-refractivity contribution in [2.45, 2.75) is 13.5 Å². The molecule has 3 aromatic carbocycles. The van der Waals surface area contributed by atoms with Crippen molar-refractivity contribution in [3.05, 3.63) is 72.3 Å². The van der Waals surface area contributed by atoms with Gasteiger partial charge in [-0.15, -0.1) is 0 Å². The molecule has 2 amide bonds. The molecule has 29 heavy (non-hydrogen) atoms. The Morgan fingerprint density at radius 1 is 0.966 bits per heavy atom. The lowest BCUT2D eigenvalue weighted by Crippen LogP contribution is -2.20. The lowest BCUT2D eigenvalue weighted by molar-refractivity contribution is -0.118. The zero-order valence-electron chi connectivity index (χ0n) is 16.0. The van der Waals surface area contributed by atoms with E-state index in [1.807, 2.05) is 30.3 Å². The number of rotatable bonds is 6. The van der Waals surface area contributed by atoms with E-state index in [2.05, 4.69) is 28.9 Å². The highest BCUT2D eigenvalue weighted by molar-refractivity contribution is 6.09. The minimum absolute atomic E-state index is 0.170. The number of amides is 2. The maximum absolute atomic E-state index is 12.3. The van der Waals surface area contributed by atoms with Crippen molar-refractivity contribution < 1.29 is 14.3 Å². The first-order valence-corrected chi connectivity index (χ1v) is 9.40. The first kappa shape index (κ1) is 18.6. The molecule has 0 aliphatic carbocycles. The van der Waals surface area contributed by atoms with Crippen LogP contribution in [-0.2, 0) is 11.3 Å². The number of fused-ring (bicyclic) bond motifs is 3. The molecule has 0 fully saturated rings. The molecule has 6 heteroatoms. The molecule has 1 aromatic heterocycles. The van der Waals surface area contributed by atoms with Crippen molar-refractivity contribution in [3.63, 3.8) is 0 Å². The second kappa shape index (κ2) is 7.67. The molecule has 0 atom stereocenters. The fraction of sp³-hybridized carbons (Fsp3) is 0.130. The number of nitrogens with zero attached hydrogens (tertiary/aromatic N) is 1. The number of aryl methyl sites for hydroxylation is 1. The van der Waals surface area contributed by atoms with Gasteiger partial charge in [-0.1, -0.05) is 24.3 Å². The van der Waals surface area contributed by atoms with Gasteiger partial charge in [0.25, 0.3) is 5.91 Å². The minimum atomic E-state index is -0.542. The lowest BCUT2D eigenvalue weighted by Gasteiger charge is -2.09. The van der Waals surface area contributed by atoms with Crippen molar-refractivity contribution in [2.24, 2.45) is 5.73 Å². The molecule has 1 heterocycles. The van der Waals surface area contributed by atoms with Gasteiger partial charge in [0.2, 0.25) is 5.91 Å². The Hall–Kier alpha value is -3.80. The van der Waals surface area contributed by atoms with Gasteiger partial charge >= 0.3 is 0 Å². The first-order chi connectivity index (χ1) is 14.1. The van der Waals surface area contributed by atoms with Gasteiger partial charge in [0.1, 0.15) is 5.75 Å². The van der Waals surface area contributed by atoms with Crippen LogP contribution in [-0.4, -0.2) is 23.0 Å². The number of para-hydroxylation sites is 1. The second-order valence-electron chi connectivity index (χ2n) is 6.72. The summed E-state index contributed by atoms with van der Waals surface area (Å²) >= 11 is 0. The summed E-state index contributed by atoms with van der Waals surface area (Å²) in [6, 6.07) is 20.6. The normalized spacial score (nSPS) is 10.9. The molecule has 0 spiro atoms. The highest BCUT2D eigenvalue weighted by atomic mass is 16.5. The molecule has 3 N–H and O–H groups in total. The summed E-state index contributed by atoms with van der Waals surface area (Å²) < 4.78 is 7.74. The zero-order valence-corrected chi connectivity index (χ0v) is 16.0. The van der Waals surface area contributed by atoms with Gasteiger partial charge in [0.05, 0.1) is 0 Å². The maximum Gasteiger partial charge on any atom is 0.262 e. The third kappa shape index (κ3) is 3.65. The van der Waals surface area contributed by atoms with Crippen LogP contribution in [0.2, 0.25) is 0 Å². The summed E-state index contributed by atoms with van der Waals surface area (Å²) in [6.07, 6.45) is 0. The molecule has 0 saturated heterocycles. The Morgan fingerprint density at radius 3 is 2.55 bits per heavy atom. The molecule has 0 unspecified atom stereocenters. The number of hydrogen-bond donors (Lipinski definition) is 2. The summed E-state index contributed by atoms with van der Waals surface area (Å²) in [4.78, 5) is 23.6. The van der Waals surface area contributed by atoms with E-state index in [4.69, 9.17) is 10.5 Å². The van der Waals surface area contributed by atoms with Gasteiger partial charge < -0.3 is 20.4 Å². The number of anilines is 1. The number of aromatic nitrogens is 1. The highest BCUT2D eigenvalue weighted by Gasteiger charge is 2.11. The van der Waals surface area contributed by atoms with E-state index in [0.717, 1.165) is 22.8 Å². The van der Waals surface area contributed by atoms with Crippen LogP contribution < -0.4 is 15.8 Å². The fourth-order valence-corrected chi connectivity index (χ4v) is 3.56. The van der Waals surface area contributed by atoms with Gasteiger partial charge in [0.15, 0.2) is 6.61 Å². The molecule has 146 valence electrons. The Balaban J connectivity index is 1.52. The summed E-state index contributed by atoms with van der Waals surface area (Å²) in [5.74, 6) is -0.412. The van der Waals surface area contributed by atoms with Crippen molar-refractivity contribution >= 4 is 39.3 Å². The number of nitrogens with one attached hydrogen (secondary N) is 1. The number of hydrogen-bond acceptors (Lipinski definition) is 3. The average molecular weight is 387 g/mol. The van der Waals surface area contributed by atoms with E-state index in [1.165, 1.54) is 11.6 Å². The molecule has 4 aromatic rings. The van der Waals surface area contributed by atoms with Crippen LogP contribution >= 0.6 is 0 Å². The second-order valence-corrected chi connectivity index (χ2v) is 6.72.